The molecule has 1 aromatic rings. The van der Waals surface area contributed by atoms with E-state index in [0.29, 0.717) is 0 Å². The average Bonchev–Trinajstić information content (AvgIpc) is 2.36. The van der Waals surface area contributed by atoms with E-state index in [9.17, 15) is 18.5 Å². The standard InChI is InChI=1S/C14H21F2O4P/c1-10(2)19-21(18,20-11(3)4)14(15,16)13(17)12-8-6-5-7-9-12/h5-11,13,17H,1-4H3. The highest BCUT2D eigenvalue weighted by Crippen LogP contribution is 2.67. The van der Waals surface area contributed by atoms with Crippen molar-refractivity contribution >= 4 is 7.60 Å². The molecule has 4 nitrogen and oxygen atoms in total. The highest BCUT2D eigenvalue weighted by molar-refractivity contribution is 7.55. The van der Waals surface area contributed by atoms with E-state index in [4.69, 9.17) is 9.05 Å². The van der Waals surface area contributed by atoms with Gasteiger partial charge in [-0.25, -0.2) is 0 Å². The van der Waals surface area contributed by atoms with Crippen LogP contribution in [-0.2, 0) is 13.6 Å². The quantitative estimate of drug-likeness (QED) is 0.758. The molecule has 1 aromatic carbocycles. The topological polar surface area (TPSA) is 55.8 Å². The minimum absolute atomic E-state index is 0.0533. The molecule has 0 amide bonds. The predicted octanol–water partition coefficient (Wildman–Crippen LogP) is 4.36. The summed E-state index contributed by atoms with van der Waals surface area (Å²) in [5.74, 6) is 0. The molecule has 0 aromatic heterocycles. The Labute approximate surface area is 123 Å². The molecule has 0 heterocycles. The van der Waals surface area contributed by atoms with Crippen molar-refractivity contribution in [2.45, 2.75) is 51.7 Å². The fourth-order valence-electron chi connectivity index (χ4n) is 1.71. The molecule has 21 heavy (non-hydrogen) atoms. The van der Waals surface area contributed by atoms with Gasteiger partial charge in [-0.05, 0) is 33.3 Å². The fraction of sp³-hybridized carbons (Fsp3) is 0.571. The molecule has 7 heteroatoms. The Bertz CT molecular complexity index is 477. The maximum atomic E-state index is 14.5. The number of halogens is 2. The predicted molar refractivity (Wildman–Crippen MR) is 76.4 cm³/mol. The van der Waals surface area contributed by atoms with Crippen molar-refractivity contribution in [2.75, 3.05) is 0 Å². The van der Waals surface area contributed by atoms with E-state index in [1.807, 2.05) is 0 Å². The largest absolute Gasteiger partial charge is 0.403 e. The van der Waals surface area contributed by atoms with E-state index < -0.39 is 31.6 Å². The smallest absolute Gasteiger partial charge is 0.381 e. The van der Waals surface area contributed by atoms with Gasteiger partial charge in [0.2, 0.25) is 0 Å². The van der Waals surface area contributed by atoms with Gasteiger partial charge in [-0.1, -0.05) is 30.3 Å². The van der Waals surface area contributed by atoms with E-state index in [2.05, 4.69) is 0 Å². The summed E-state index contributed by atoms with van der Waals surface area (Å²) in [7, 11) is -4.84. The molecule has 0 saturated carbocycles. The highest BCUT2D eigenvalue weighted by atomic mass is 31.2. The Kier molecular flexibility index (Phi) is 6.05. The van der Waals surface area contributed by atoms with Crippen LogP contribution < -0.4 is 0 Å². The molecule has 0 radical (unpaired) electrons. The van der Waals surface area contributed by atoms with Gasteiger partial charge in [-0.3, -0.25) is 4.57 Å². The van der Waals surface area contributed by atoms with Gasteiger partial charge in [-0.2, -0.15) is 8.78 Å². The van der Waals surface area contributed by atoms with Crippen LogP contribution in [0.1, 0.15) is 39.4 Å². The second-order valence-electron chi connectivity index (χ2n) is 5.21. The molecular formula is C14H21F2O4P. The summed E-state index contributed by atoms with van der Waals surface area (Å²) in [6.45, 7) is 5.89. The molecule has 0 saturated heterocycles. The molecular weight excluding hydrogens is 301 g/mol. The summed E-state index contributed by atoms with van der Waals surface area (Å²) in [5.41, 5.74) is -4.11. The second kappa shape index (κ2) is 6.97. The van der Waals surface area contributed by atoms with Crippen LogP contribution in [0.4, 0.5) is 8.78 Å². The number of hydrogen-bond acceptors (Lipinski definition) is 4. The van der Waals surface area contributed by atoms with Crippen LogP contribution in [-0.4, -0.2) is 23.0 Å². The minimum Gasteiger partial charge on any atom is -0.381 e. The lowest BCUT2D eigenvalue weighted by atomic mass is 10.1. The highest BCUT2D eigenvalue weighted by Gasteiger charge is 2.60. The second-order valence-corrected chi connectivity index (χ2v) is 7.22. The molecule has 0 aliphatic carbocycles. The number of alkyl halides is 2. The van der Waals surface area contributed by atoms with E-state index in [0.717, 1.165) is 0 Å². The van der Waals surface area contributed by atoms with Crippen molar-refractivity contribution < 1.29 is 27.5 Å². The van der Waals surface area contributed by atoms with Crippen molar-refractivity contribution in [3.8, 4) is 0 Å². The van der Waals surface area contributed by atoms with Crippen molar-refractivity contribution in [3.63, 3.8) is 0 Å². The van der Waals surface area contributed by atoms with Crippen LogP contribution in [0.25, 0.3) is 0 Å². The Morgan fingerprint density at radius 1 is 1.05 bits per heavy atom. The zero-order valence-corrected chi connectivity index (χ0v) is 13.4. The van der Waals surface area contributed by atoms with E-state index in [1.54, 1.807) is 6.07 Å². The number of benzene rings is 1. The maximum Gasteiger partial charge on any atom is 0.403 e. The lowest BCUT2D eigenvalue weighted by molar-refractivity contribution is -0.0736. The summed E-state index contributed by atoms with van der Waals surface area (Å²) in [5, 5.41) is 9.93. The minimum atomic E-state index is -4.84. The van der Waals surface area contributed by atoms with Crippen molar-refractivity contribution in [1.82, 2.24) is 0 Å². The third-order valence-electron chi connectivity index (χ3n) is 2.51. The monoisotopic (exact) mass is 322 g/mol. The molecule has 0 fully saturated rings. The number of aliphatic hydroxyl groups is 1. The molecule has 1 N–H and O–H groups in total. The summed E-state index contributed by atoms with van der Waals surface area (Å²) >= 11 is 0. The van der Waals surface area contributed by atoms with E-state index in [-0.39, 0.29) is 5.56 Å². The first-order valence-electron chi connectivity index (χ1n) is 6.68. The van der Waals surface area contributed by atoms with Gasteiger partial charge in [0.1, 0.15) is 0 Å². The zero-order chi connectivity index (χ0) is 16.3. The summed E-state index contributed by atoms with van der Waals surface area (Å²) in [6, 6.07) is 7.29. The van der Waals surface area contributed by atoms with Crippen LogP contribution in [0.15, 0.2) is 30.3 Å². The lowest BCUT2D eigenvalue weighted by Gasteiger charge is -2.32. The summed E-state index contributed by atoms with van der Waals surface area (Å²) in [6.07, 6.45) is -3.74. The van der Waals surface area contributed by atoms with Crippen molar-refractivity contribution in [1.29, 1.82) is 0 Å². The van der Waals surface area contributed by atoms with Gasteiger partial charge in [0.05, 0.1) is 12.2 Å². The third kappa shape index (κ3) is 4.33. The first kappa shape index (κ1) is 18.2. The van der Waals surface area contributed by atoms with Gasteiger partial charge >= 0.3 is 13.3 Å². The summed E-state index contributed by atoms with van der Waals surface area (Å²) in [4.78, 5) is 0. The van der Waals surface area contributed by atoms with Crippen LogP contribution in [0, 0.1) is 0 Å². The molecule has 1 rings (SSSR count). The lowest BCUT2D eigenvalue weighted by Crippen LogP contribution is -2.30. The van der Waals surface area contributed by atoms with E-state index >= 15 is 0 Å². The van der Waals surface area contributed by atoms with Crippen LogP contribution in [0.2, 0.25) is 0 Å². The van der Waals surface area contributed by atoms with E-state index in [1.165, 1.54) is 52.0 Å². The zero-order valence-electron chi connectivity index (χ0n) is 12.5. The first-order valence-corrected chi connectivity index (χ1v) is 8.22. The Hall–Kier alpha value is -0.810. The van der Waals surface area contributed by atoms with Gasteiger partial charge in [0.15, 0.2) is 6.10 Å². The normalized spacial score (nSPS) is 14.7. The molecule has 0 spiro atoms. The number of aliphatic hydroxyl groups excluding tert-OH is 1. The SMILES string of the molecule is CC(C)OP(=O)(OC(C)C)C(F)(F)C(O)c1ccccc1. The molecule has 1 unspecified atom stereocenters. The molecule has 0 aliphatic heterocycles. The molecule has 120 valence electrons. The number of hydrogen-bond donors (Lipinski definition) is 1. The Balaban J connectivity index is 3.17. The number of rotatable bonds is 7. The Morgan fingerprint density at radius 3 is 1.86 bits per heavy atom. The van der Waals surface area contributed by atoms with Crippen LogP contribution in [0.5, 0.6) is 0 Å². The van der Waals surface area contributed by atoms with Crippen LogP contribution in [0.3, 0.4) is 0 Å². The third-order valence-corrected chi connectivity index (χ3v) is 4.88. The summed E-state index contributed by atoms with van der Waals surface area (Å²) < 4.78 is 51.3. The van der Waals surface area contributed by atoms with Crippen molar-refractivity contribution in [2.24, 2.45) is 0 Å². The van der Waals surface area contributed by atoms with Gasteiger partial charge in [0.25, 0.3) is 0 Å². The van der Waals surface area contributed by atoms with Gasteiger partial charge in [-0.15, -0.1) is 0 Å². The van der Waals surface area contributed by atoms with Crippen molar-refractivity contribution in [3.05, 3.63) is 35.9 Å². The average molecular weight is 322 g/mol. The molecule has 0 bridgehead atoms. The molecule has 0 aliphatic rings. The van der Waals surface area contributed by atoms with Crippen LogP contribution >= 0.6 is 7.60 Å². The Morgan fingerprint density at radius 2 is 1.48 bits per heavy atom. The first-order chi connectivity index (χ1) is 9.60. The fourth-order valence-corrected chi connectivity index (χ4v) is 3.60. The van der Waals surface area contributed by atoms with Gasteiger partial charge < -0.3 is 14.2 Å². The van der Waals surface area contributed by atoms with Gasteiger partial charge in [0, 0.05) is 0 Å². The molecule has 1 atom stereocenters. The maximum absolute atomic E-state index is 14.5.